The third kappa shape index (κ3) is 9.63. The molecule has 0 saturated carbocycles. The number of fused-ring (bicyclic) bond motifs is 7. The molecule has 0 unspecified atom stereocenters. The third-order valence-electron chi connectivity index (χ3n) is 17.4. The Morgan fingerprint density at radius 2 is 0.538 bits per heavy atom. The predicted octanol–water partition coefficient (Wildman–Crippen LogP) is 19.2. The normalized spacial score (nSPS) is 14.6. The highest BCUT2D eigenvalue weighted by atomic mass is 15.2. The van der Waals surface area contributed by atoms with Gasteiger partial charge in [0.05, 0.1) is 16.7 Å². The summed E-state index contributed by atoms with van der Waals surface area (Å²) < 4.78 is 2.63. The van der Waals surface area contributed by atoms with E-state index in [0.29, 0.717) is 0 Å². The van der Waals surface area contributed by atoms with Crippen molar-refractivity contribution in [3.05, 3.63) is 166 Å². The molecule has 2 aliphatic rings. The minimum Gasteiger partial charge on any atom is -0.311 e. The van der Waals surface area contributed by atoms with Crippen molar-refractivity contribution in [2.45, 2.75) is 209 Å². The summed E-state index contributed by atoms with van der Waals surface area (Å²) in [6, 6.07) is 49.6. The van der Waals surface area contributed by atoms with Crippen molar-refractivity contribution < 1.29 is 0 Å². The van der Waals surface area contributed by atoms with Crippen LogP contribution in [0.4, 0.5) is 34.1 Å². The minimum absolute atomic E-state index is 0.0500. The second-order valence-corrected chi connectivity index (χ2v) is 31.9. The Hall–Kier alpha value is -6.00. The molecule has 10 rings (SSSR count). The summed E-state index contributed by atoms with van der Waals surface area (Å²) in [5.74, 6) is 0. The lowest BCUT2D eigenvalue weighted by atomic mass is 9.33. The maximum atomic E-state index is 2.68. The summed E-state index contributed by atoms with van der Waals surface area (Å²) in [7, 11) is 0. The molecule has 3 nitrogen and oxygen atoms in total. The molecule has 0 atom stereocenters. The fraction of sp³-hybridized carbons (Fsp3) is 0.432. The van der Waals surface area contributed by atoms with Crippen LogP contribution in [0.1, 0.15) is 211 Å². The van der Waals surface area contributed by atoms with E-state index in [1.54, 1.807) is 0 Å². The lowest BCUT2D eigenvalue weighted by molar-refractivity contribution is 0.568. The van der Waals surface area contributed by atoms with Crippen LogP contribution in [0.5, 0.6) is 0 Å². The fourth-order valence-corrected chi connectivity index (χ4v) is 12.1. The molecular formula is C74H92BN3. The number of nitrogens with zero attached hydrogens (tertiary/aromatic N) is 3. The standard InChI is InChI=1S/C74H92BN3/c1-67(2,3)45-27-31-60-58(39-45)75-59-40-46(68(4,5)6)28-32-61(59)77(54-37-51(73(19,20)21)34-52(38-54)74(22,23)24)65-44-55(43-64(66(65)75)76(60)53-35-49(71(13,14)15)33-50(36-53)72(16,17)18)78-62-41-47(69(7,8)9)25-29-56(62)57-30-26-48(42-63(57)78)70(10,11)12/h25-44H,1-24H3. The minimum atomic E-state index is -0.0883. The molecule has 78 heavy (non-hydrogen) atoms. The Kier molecular flexibility index (Phi) is 12.6. The SMILES string of the molecule is CC(C)(C)c1cc(N2c3ccc(C(C)(C)C)cc3B3c4cc(C(C)(C)C)ccc4N(c4cc(C(C)(C)C)cc(C(C)(C)C)c4)c4cc(-n5c6cc(C(C)(C)C)ccc6c6ccc(C(C)(C)C)cc65)cc2c43)cc(C(C)(C)C)c1. The molecule has 0 amide bonds. The molecule has 0 bridgehead atoms. The van der Waals surface area contributed by atoms with Gasteiger partial charge in [0.2, 0.25) is 0 Å². The van der Waals surface area contributed by atoms with Crippen LogP contribution in [0.25, 0.3) is 27.5 Å². The first kappa shape index (κ1) is 55.3. The van der Waals surface area contributed by atoms with Gasteiger partial charge in [0.25, 0.3) is 6.71 Å². The molecule has 0 radical (unpaired) electrons. The number of hydrogen-bond acceptors (Lipinski definition) is 2. The van der Waals surface area contributed by atoms with Gasteiger partial charge in [-0.25, -0.2) is 0 Å². The first-order valence-electron chi connectivity index (χ1n) is 29.2. The van der Waals surface area contributed by atoms with Gasteiger partial charge in [0.1, 0.15) is 0 Å². The van der Waals surface area contributed by atoms with Crippen molar-refractivity contribution in [1.29, 1.82) is 0 Å². The lowest BCUT2D eigenvalue weighted by Crippen LogP contribution is -2.61. The maximum absolute atomic E-state index is 2.68. The lowest BCUT2D eigenvalue weighted by Gasteiger charge is -2.46. The van der Waals surface area contributed by atoms with Crippen molar-refractivity contribution >= 4 is 79.0 Å². The van der Waals surface area contributed by atoms with E-state index in [-0.39, 0.29) is 50.0 Å². The number of rotatable bonds is 3. The van der Waals surface area contributed by atoms with Crippen molar-refractivity contribution in [1.82, 2.24) is 4.57 Å². The fourth-order valence-electron chi connectivity index (χ4n) is 12.1. The van der Waals surface area contributed by atoms with Gasteiger partial charge in [-0.2, -0.15) is 0 Å². The molecule has 0 fully saturated rings. The molecule has 2 aliphatic heterocycles. The van der Waals surface area contributed by atoms with Crippen LogP contribution in [0, 0.1) is 0 Å². The van der Waals surface area contributed by atoms with Crippen molar-refractivity contribution in [3.63, 3.8) is 0 Å². The van der Waals surface area contributed by atoms with Gasteiger partial charge >= 0.3 is 0 Å². The highest BCUT2D eigenvalue weighted by Crippen LogP contribution is 2.50. The summed E-state index contributed by atoms with van der Waals surface area (Å²) in [5, 5.41) is 2.55. The summed E-state index contributed by atoms with van der Waals surface area (Å²) in [6.07, 6.45) is 0. The second kappa shape index (κ2) is 17.8. The highest BCUT2D eigenvalue weighted by Gasteiger charge is 2.45. The average Bonchev–Trinajstić information content (AvgIpc) is 3.06. The van der Waals surface area contributed by atoms with E-state index in [2.05, 4.69) is 302 Å². The zero-order chi connectivity index (χ0) is 57.2. The molecule has 0 saturated heterocycles. The average molecular weight is 1030 g/mol. The number of aromatic nitrogens is 1. The zero-order valence-electron chi connectivity index (χ0n) is 52.5. The molecule has 0 aliphatic carbocycles. The Balaban J connectivity index is 1.46. The Morgan fingerprint density at radius 3 is 0.833 bits per heavy atom. The maximum Gasteiger partial charge on any atom is 0.252 e. The Morgan fingerprint density at radius 1 is 0.256 bits per heavy atom. The summed E-state index contributed by atoms with van der Waals surface area (Å²) >= 11 is 0. The molecule has 4 heteroatoms. The van der Waals surface area contributed by atoms with Gasteiger partial charge < -0.3 is 14.4 Å². The van der Waals surface area contributed by atoms with Gasteiger partial charge in [-0.15, -0.1) is 0 Å². The van der Waals surface area contributed by atoms with E-state index < -0.39 is 0 Å². The van der Waals surface area contributed by atoms with Crippen LogP contribution in [-0.2, 0) is 43.3 Å². The molecule has 3 heterocycles. The van der Waals surface area contributed by atoms with E-state index in [1.807, 2.05) is 0 Å². The molecule has 8 aromatic rings. The van der Waals surface area contributed by atoms with Crippen LogP contribution in [0.3, 0.4) is 0 Å². The molecule has 406 valence electrons. The summed E-state index contributed by atoms with van der Waals surface area (Å²) in [5.41, 5.74) is 25.1. The first-order valence-corrected chi connectivity index (χ1v) is 29.2. The van der Waals surface area contributed by atoms with E-state index in [1.165, 1.54) is 117 Å². The third-order valence-corrected chi connectivity index (χ3v) is 17.4. The van der Waals surface area contributed by atoms with Crippen LogP contribution in [-0.4, -0.2) is 11.3 Å². The molecule has 1 aromatic heterocycles. The summed E-state index contributed by atoms with van der Waals surface area (Å²) in [6.45, 7) is 56.7. The smallest absolute Gasteiger partial charge is 0.252 e. The zero-order valence-corrected chi connectivity index (χ0v) is 52.5. The van der Waals surface area contributed by atoms with Crippen LogP contribution in [0.2, 0.25) is 0 Å². The largest absolute Gasteiger partial charge is 0.311 e. The van der Waals surface area contributed by atoms with Gasteiger partial charge in [0.15, 0.2) is 0 Å². The van der Waals surface area contributed by atoms with Gasteiger partial charge in [-0.1, -0.05) is 227 Å². The van der Waals surface area contributed by atoms with Crippen LogP contribution >= 0.6 is 0 Å². The van der Waals surface area contributed by atoms with Crippen molar-refractivity contribution in [2.75, 3.05) is 9.80 Å². The van der Waals surface area contributed by atoms with Crippen LogP contribution < -0.4 is 26.2 Å². The van der Waals surface area contributed by atoms with E-state index in [4.69, 9.17) is 0 Å². The number of benzene rings is 7. The van der Waals surface area contributed by atoms with E-state index >= 15 is 0 Å². The molecule has 7 aromatic carbocycles. The number of anilines is 6. The first-order chi connectivity index (χ1) is 35.7. The van der Waals surface area contributed by atoms with Gasteiger partial charge in [-0.3, -0.25) is 0 Å². The Bertz CT molecular complexity index is 3400. The topological polar surface area (TPSA) is 11.4 Å². The van der Waals surface area contributed by atoms with Gasteiger partial charge in [0, 0.05) is 44.9 Å². The highest BCUT2D eigenvalue weighted by molar-refractivity contribution is 7.00. The second-order valence-electron chi connectivity index (χ2n) is 31.9. The van der Waals surface area contributed by atoms with Crippen molar-refractivity contribution in [2.24, 2.45) is 0 Å². The molecule has 0 N–H and O–H groups in total. The van der Waals surface area contributed by atoms with E-state index in [0.717, 1.165) is 5.69 Å². The monoisotopic (exact) mass is 1030 g/mol. The van der Waals surface area contributed by atoms with Gasteiger partial charge in [-0.05, 0) is 165 Å². The van der Waals surface area contributed by atoms with E-state index in [9.17, 15) is 0 Å². The van der Waals surface area contributed by atoms with Crippen LogP contribution in [0.15, 0.2) is 121 Å². The molecular weight excluding hydrogens is 942 g/mol. The number of hydrogen-bond donors (Lipinski definition) is 0. The predicted molar refractivity (Wildman–Crippen MR) is 344 cm³/mol. The summed E-state index contributed by atoms with van der Waals surface area (Å²) in [4.78, 5) is 5.37. The molecule has 0 spiro atoms. The Labute approximate surface area is 472 Å². The quantitative estimate of drug-likeness (QED) is 0.163. The van der Waals surface area contributed by atoms with Crippen molar-refractivity contribution in [3.8, 4) is 5.69 Å².